The summed E-state index contributed by atoms with van der Waals surface area (Å²) in [7, 11) is 0.887. The van der Waals surface area contributed by atoms with Gasteiger partial charge in [0.2, 0.25) is 0 Å². The summed E-state index contributed by atoms with van der Waals surface area (Å²) in [5.74, 6) is -0.451. The molecule has 32 heavy (non-hydrogen) atoms. The molecule has 3 saturated carbocycles. The van der Waals surface area contributed by atoms with Gasteiger partial charge in [0.05, 0.1) is 14.2 Å². The summed E-state index contributed by atoms with van der Waals surface area (Å²) in [6.07, 6.45) is 10.5. The van der Waals surface area contributed by atoms with Crippen molar-refractivity contribution in [2.24, 2.45) is 28.6 Å². The Labute approximate surface area is 196 Å². The van der Waals surface area contributed by atoms with Crippen LogP contribution in [0.3, 0.4) is 0 Å². The molecule has 0 bridgehead atoms. The van der Waals surface area contributed by atoms with Crippen molar-refractivity contribution in [3.8, 4) is 0 Å². The van der Waals surface area contributed by atoms with Gasteiger partial charge in [-0.3, -0.25) is 9.59 Å². The van der Waals surface area contributed by atoms with Crippen molar-refractivity contribution in [3.63, 3.8) is 0 Å². The lowest BCUT2D eigenvalue weighted by atomic mass is 9.60. The van der Waals surface area contributed by atoms with E-state index in [2.05, 4.69) is 40.8 Å². The zero-order valence-corrected chi connectivity index (χ0v) is 22.7. The van der Waals surface area contributed by atoms with Gasteiger partial charge in [-0.2, -0.15) is 0 Å². The fourth-order valence-corrected chi connectivity index (χ4v) is 8.20. The number of methoxy groups -OCH3 is 2. The fraction of sp³-hybridized carbons (Fsp3) is 0.923. The predicted molar refractivity (Wildman–Crippen MR) is 129 cm³/mol. The number of rotatable bonds is 8. The zero-order chi connectivity index (χ0) is 23.9. The number of ether oxygens (including phenoxy) is 2. The molecule has 0 aromatic rings. The van der Waals surface area contributed by atoms with E-state index >= 15 is 0 Å². The monoisotopic (exact) mass is 466 g/mol. The molecule has 0 aliphatic heterocycles. The highest BCUT2D eigenvalue weighted by molar-refractivity contribution is 6.74. The molecule has 3 rings (SSSR count). The third-order valence-electron chi connectivity index (χ3n) is 9.85. The maximum Gasteiger partial charge on any atom is 0.320 e. The molecule has 184 valence electrons. The molecule has 3 fully saturated rings. The fourth-order valence-electron chi connectivity index (χ4n) is 6.80. The molecular formula is C26H46O5Si. The summed E-state index contributed by atoms with van der Waals surface area (Å²) >= 11 is 0. The Morgan fingerprint density at radius 2 is 1.59 bits per heavy atom. The smallest absolute Gasteiger partial charge is 0.320 e. The first-order valence-electron chi connectivity index (χ1n) is 12.6. The van der Waals surface area contributed by atoms with Crippen molar-refractivity contribution >= 4 is 20.3 Å². The highest BCUT2D eigenvalue weighted by Crippen LogP contribution is 2.69. The normalized spacial score (nSPS) is 31.8. The lowest BCUT2D eigenvalue weighted by molar-refractivity contribution is -0.159. The molecule has 3 aliphatic carbocycles. The second kappa shape index (κ2) is 9.05. The first kappa shape index (κ1) is 25.7. The molecule has 0 radical (unpaired) electrons. The largest absolute Gasteiger partial charge is 0.468 e. The Morgan fingerprint density at radius 1 is 1.00 bits per heavy atom. The summed E-state index contributed by atoms with van der Waals surface area (Å²) in [4.78, 5) is 24.4. The molecule has 0 aromatic carbocycles. The predicted octanol–water partition coefficient (Wildman–Crippen LogP) is 6.12. The summed E-state index contributed by atoms with van der Waals surface area (Å²) in [5, 5.41) is 0.230. The maximum absolute atomic E-state index is 12.2. The van der Waals surface area contributed by atoms with Gasteiger partial charge >= 0.3 is 11.9 Å². The average molecular weight is 467 g/mol. The van der Waals surface area contributed by atoms with E-state index in [4.69, 9.17) is 13.9 Å². The van der Waals surface area contributed by atoms with Gasteiger partial charge in [0.1, 0.15) is 0 Å². The molecule has 0 heterocycles. The molecular weight excluding hydrogens is 420 g/mol. The number of fused-ring (bicyclic) bond motifs is 1. The highest BCUT2D eigenvalue weighted by Gasteiger charge is 2.62. The van der Waals surface area contributed by atoms with E-state index in [1.54, 1.807) is 0 Å². The first-order valence-corrected chi connectivity index (χ1v) is 15.6. The standard InChI is InChI=1S/C26H46O5Si/c1-24(2,3)32(7,8)31-20-10-9-14-25(4)19(20)11-12-21(25)26(16-17-26)15-13-18(22(27)29-5)23(28)30-6/h18-21H,9-17H2,1-8H3/t19-,20-,21-,25-/m0/s1. The summed E-state index contributed by atoms with van der Waals surface area (Å²) in [6, 6.07) is 0. The molecule has 0 spiro atoms. The molecule has 0 N–H and O–H groups in total. The van der Waals surface area contributed by atoms with Gasteiger partial charge in [-0.1, -0.05) is 34.1 Å². The van der Waals surface area contributed by atoms with Crippen LogP contribution in [-0.4, -0.2) is 40.6 Å². The van der Waals surface area contributed by atoms with Crippen molar-refractivity contribution in [1.29, 1.82) is 0 Å². The highest BCUT2D eigenvalue weighted by atomic mass is 28.4. The van der Waals surface area contributed by atoms with E-state index < -0.39 is 26.2 Å². The second-order valence-electron chi connectivity index (χ2n) is 12.6. The molecule has 0 unspecified atom stereocenters. The van der Waals surface area contributed by atoms with Gasteiger partial charge < -0.3 is 13.9 Å². The van der Waals surface area contributed by atoms with E-state index in [0.717, 1.165) is 6.42 Å². The minimum atomic E-state index is -1.80. The van der Waals surface area contributed by atoms with Gasteiger partial charge in [-0.05, 0) is 92.2 Å². The van der Waals surface area contributed by atoms with Gasteiger partial charge in [0, 0.05) is 6.10 Å². The quantitative estimate of drug-likeness (QED) is 0.245. The molecule has 6 heteroatoms. The van der Waals surface area contributed by atoms with E-state index in [1.807, 2.05) is 0 Å². The summed E-state index contributed by atoms with van der Waals surface area (Å²) in [6.45, 7) is 14.3. The van der Waals surface area contributed by atoms with Crippen LogP contribution in [0.5, 0.6) is 0 Å². The van der Waals surface area contributed by atoms with Crippen LogP contribution < -0.4 is 0 Å². The maximum atomic E-state index is 12.2. The van der Waals surface area contributed by atoms with Gasteiger partial charge in [0.25, 0.3) is 0 Å². The Morgan fingerprint density at radius 3 is 2.09 bits per heavy atom. The van der Waals surface area contributed by atoms with Gasteiger partial charge in [-0.25, -0.2) is 0 Å². The topological polar surface area (TPSA) is 61.8 Å². The van der Waals surface area contributed by atoms with Crippen molar-refractivity contribution in [2.75, 3.05) is 14.2 Å². The number of hydrogen-bond donors (Lipinski definition) is 0. The minimum Gasteiger partial charge on any atom is -0.468 e. The van der Waals surface area contributed by atoms with E-state index in [-0.39, 0.29) is 10.5 Å². The SMILES string of the molecule is COC(=O)C(CCC1([C@H]2CC[C@H]3[C@@H](O[Si](C)(C)C(C)(C)C)CCC[C@]23C)CC1)C(=O)OC. The van der Waals surface area contributed by atoms with Crippen LogP contribution in [0.4, 0.5) is 0 Å². The molecule has 4 atom stereocenters. The van der Waals surface area contributed by atoms with Crippen molar-refractivity contribution < 1.29 is 23.5 Å². The number of carbonyl (C=O) groups is 2. The summed E-state index contributed by atoms with van der Waals surface area (Å²) < 4.78 is 16.8. The number of carbonyl (C=O) groups excluding carboxylic acids is 2. The number of esters is 2. The third-order valence-corrected chi connectivity index (χ3v) is 14.4. The van der Waals surface area contributed by atoms with E-state index in [9.17, 15) is 9.59 Å². The molecule has 0 aromatic heterocycles. The van der Waals surface area contributed by atoms with Crippen LogP contribution in [0.15, 0.2) is 0 Å². The van der Waals surface area contributed by atoms with Crippen LogP contribution in [0.2, 0.25) is 18.1 Å². The lowest BCUT2D eigenvalue weighted by Crippen LogP contribution is -2.50. The van der Waals surface area contributed by atoms with Crippen molar-refractivity contribution in [1.82, 2.24) is 0 Å². The minimum absolute atomic E-state index is 0.230. The van der Waals surface area contributed by atoms with Gasteiger partial charge in [-0.15, -0.1) is 0 Å². The first-order chi connectivity index (χ1) is 14.8. The number of hydrogen-bond acceptors (Lipinski definition) is 5. The Balaban J connectivity index is 1.73. The summed E-state index contributed by atoms with van der Waals surface area (Å²) in [5.41, 5.74) is 0.566. The van der Waals surface area contributed by atoms with Gasteiger partial charge in [0.15, 0.2) is 14.2 Å². The van der Waals surface area contributed by atoms with E-state index in [0.29, 0.717) is 29.8 Å². The van der Waals surface area contributed by atoms with E-state index in [1.165, 1.54) is 59.2 Å². The third kappa shape index (κ3) is 4.68. The zero-order valence-electron chi connectivity index (χ0n) is 21.7. The molecule has 0 amide bonds. The average Bonchev–Trinajstić information content (AvgIpc) is 3.40. The van der Waals surface area contributed by atoms with Crippen LogP contribution in [0, 0.1) is 28.6 Å². The molecule has 3 aliphatic rings. The molecule has 5 nitrogen and oxygen atoms in total. The van der Waals surface area contributed by atoms with Crippen LogP contribution >= 0.6 is 0 Å². The Hall–Kier alpha value is -0.883. The van der Waals surface area contributed by atoms with Crippen LogP contribution in [-0.2, 0) is 23.5 Å². The Bertz CT molecular complexity index is 691. The Kier molecular flexibility index (Phi) is 7.28. The second-order valence-corrected chi connectivity index (χ2v) is 17.3. The van der Waals surface area contributed by atoms with Crippen molar-refractivity contribution in [3.05, 3.63) is 0 Å². The molecule has 0 saturated heterocycles. The van der Waals surface area contributed by atoms with Crippen molar-refractivity contribution in [2.45, 2.75) is 110 Å². The van der Waals surface area contributed by atoms with Crippen LogP contribution in [0.25, 0.3) is 0 Å². The van der Waals surface area contributed by atoms with Crippen LogP contribution in [0.1, 0.15) is 85.5 Å². The lowest BCUT2D eigenvalue weighted by Gasteiger charge is -2.50.